The van der Waals surface area contributed by atoms with Crippen LogP contribution >= 0.6 is 0 Å². The highest BCUT2D eigenvalue weighted by atomic mass is 15.0. The van der Waals surface area contributed by atoms with Crippen LogP contribution in [0.25, 0.3) is 89.4 Å². The zero-order chi connectivity index (χ0) is 36.9. The SMILES string of the molecule is CC1(C)c2ccccc2-c2ccc(-c3ccc(-c4ccc5ccc(-c6ccc(-c7nc(-c8ccccc8)nc(-c8ccccc8)n7)cc6)cc5c4)cc3)cc21. The number of benzene rings is 8. The summed E-state index contributed by atoms with van der Waals surface area (Å²) in [5.74, 6) is 1.97. The number of hydrogen-bond acceptors (Lipinski definition) is 3. The lowest BCUT2D eigenvalue weighted by Gasteiger charge is -2.22. The van der Waals surface area contributed by atoms with Crippen LogP contribution in [0.1, 0.15) is 25.0 Å². The van der Waals surface area contributed by atoms with Gasteiger partial charge in [-0.25, -0.2) is 15.0 Å². The molecule has 1 heterocycles. The molecule has 0 N–H and O–H groups in total. The minimum Gasteiger partial charge on any atom is -0.208 e. The Bertz CT molecular complexity index is 2800. The number of fused-ring (bicyclic) bond motifs is 4. The van der Waals surface area contributed by atoms with Crippen LogP contribution < -0.4 is 0 Å². The molecule has 0 bridgehead atoms. The number of rotatable bonds is 6. The highest BCUT2D eigenvalue weighted by Gasteiger charge is 2.35. The fourth-order valence-electron chi connectivity index (χ4n) is 8.09. The first-order valence-electron chi connectivity index (χ1n) is 18.8. The van der Waals surface area contributed by atoms with Crippen molar-refractivity contribution in [1.29, 1.82) is 0 Å². The Morgan fingerprint density at radius 1 is 0.291 bits per heavy atom. The zero-order valence-electron chi connectivity index (χ0n) is 30.7. The number of aromatic nitrogens is 3. The largest absolute Gasteiger partial charge is 0.208 e. The maximum Gasteiger partial charge on any atom is 0.164 e. The number of nitrogens with zero attached hydrogens (tertiary/aromatic N) is 3. The van der Waals surface area contributed by atoms with E-state index in [1.54, 1.807) is 0 Å². The average Bonchev–Trinajstić information content (AvgIpc) is 3.49. The summed E-state index contributed by atoms with van der Waals surface area (Å²) in [4.78, 5) is 14.7. The fraction of sp³-hybridized carbons (Fsp3) is 0.0577. The summed E-state index contributed by atoms with van der Waals surface area (Å²) >= 11 is 0. The Kier molecular flexibility index (Phi) is 7.81. The van der Waals surface area contributed by atoms with Gasteiger partial charge in [0.2, 0.25) is 0 Å². The van der Waals surface area contributed by atoms with Crippen LogP contribution in [0.5, 0.6) is 0 Å². The molecule has 8 aromatic carbocycles. The Labute approximate surface area is 321 Å². The monoisotopic (exact) mass is 703 g/mol. The van der Waals surface area contributed by atoms with Crippen LogP contribution in [0.4, 0.5) is 0 Å². The van der Waals surface area contributed by atoms with Gasteiger partial charge in [0.15, 0.2) is 17.5 Å². The Morgan fingerprint density at radius 3 is 1.20 bits per heavy atom. The molecule has 260 valence electrons. The van der Waals surface area contributed by atoms with Gasteiger partial charge in [0.25, 0.3) is 0 Å². The third-order valence-electron chi connectivity index (χ3n) is 11.2. The van der Waals surface area contributed by atoms with Crippen molar-refractivity contribution in [1.82, 2.24) is 15.0 Å². The highest BCUT2D eigenvalue weighted by Crippen LogP contribution is 2.49. The van der Waals surface area contributed by atoms with Crippen molar-refractivity contribution in [2.75, 3.05) is 0 Å². The van der Waals surface area contributed by atoms with Gasteiger partial charge in [0.1, 0.15) is 0 Å². The van der Waals surface area contributed by atoms with E-state index in [2.05, 4.69) is 141 Å². The van der Waals surface area contributed by atoms with E-state index in [1.165, 1.54) is 60.8 Å². The van der Waals surface area contributed by atoms with Gasteiger partial charge >= 0.3 is 0 Å². The first-order valence-corrected chi connectivity index (χ1v) is 18.8. The highest BCUT2D eigenvalue weighted by molar-refractivity contribution is 5.91. The zero-order valence-corrected chi connectivity index (χ0v) is 30.7. The molecule has 1 aliphatic rings. The van der Waals surface area contributed by atoms with Gasteiger partial charge in [-0.05, 0) is 84.6 Å². The average molecular weight is 704 g/mol. The predicted molar refractivity (Wildman–Crippen MR) is 228 cm³/mol. The van der Waals surface area contributed by atoms with Crippen molar-refractivity contribution >= 4 is 10.8 Å². The second-order valence-corrected chi connectivity index (χ2v) is 14.9. The summed E-state index contributed by atoms with van der Waals surface area (Å²) in [6, 6.07) is 67.0. The van der Waals surface area contributed by atoms with Crippen LogP contribution in [0.3, 0.4) is 0 Å². The van der Waals surface area contributed by atoms with E-state index < -0.39 is 0 Å². The molecular weight excluding hydrogens is 667 g/mol. The van der Waals surface area contributed by atoms with Crippen LogP contribution in [0, 0.1) is 0 Å². The van der Waals surface area contributed by atoms with Crippen molar-refractivity contribution in [3.8, 4) is 78.7 Å². The standard InChI is InChI=1S/C52H37N3/c1-52(2)47-16-10-9-15-45(47)46-30-29-43(33-48(46)52)36-19-17-34(18-20-36)41-27-23-37-24-28-42(32-44(37)31-41)35-21-25-40(26-22-35)51-54-49(38-11-5-3-6-12-38)53-50(55-51)39-13-7-4-8-14-39/h3-33H,1-2H3. The van der Waals surface area contributed by atoms with E-state index in [4.69, 9.17) is 15.0 Å². The third-order valence-corrected chi connectivity index (χ3v) is 11.2. The Balaban J connectivity index is 0.928. The molecule has 0 radical (unpaired) electrons. The van der Waals surface area contributed by atoms with Gasteiger partial charge < -0.3 is 0 Å². The minimum atomic E-state index is -0.0128. The molecule has 3 nitrogen and oxygen atoms in total. The maximum atomic E-state index is 4.91. The van der Waals surface area contributed by atoms with E-state index in [-0.39, 0.29) is 5.41 Å². The van der Waals surface area contributed by atoms with E-state index in [0.717, 1.165) is 22.3 Å². The smallest absolute Gasteiger partial charge is 0.164 e. The topological polar surface area (TPSA) is 38.7 Å². The van der Waals surface area contributed by atoms with Gasteiger partial charge in [-0.1, -0.05) is 184 Å². The molecule has 0 fully saturated rings. The first kappa shape index (κ1) is 32.7. The first-order chi connectivity index (χ1) is 27.0. The van der Waals surface area contributed by atoms with Gasteiger partial charge in [-0.3, -0.25) is 0 Å². The van der Waals surface area contributed by atoms with E-state index in [9.17, 15) is 0 Å². The van der Waals surface area contributed by atoms with Gasteiger partial charge in [0, 0.05) is 22.1 Å². The molecule has 1 aromatic heterocycles. The van der Waals surface area contributed by atoms with E-state index in [0.29, 0.717) is 17.5 Å². The normalized spacial score (nSPS) is 12.7. The van der Waals surface area contributed by atoms with Gasteiger partial charge in [-0.2, -0.15) is 0 Å². The van der Waals surface area contributed by atoms with E-state index >= 15 is 0 Å². The molecule has 9 aromatic rings. The molecule has 0 aliphatic heterocycles. The summed E-state index contributed by atoms with van der Waals surface area (Å²) in [7, 11) is 0. The molecule has 3 heteroatoms. The second-order valence-electron chi connectivity index (χ2n) is 14.9. The van der Waals surface area contributed by atoms with E-state index in [1.807, 2.05) is 60.7 Å². The molecule has 0 atom stereocenters. The molecular formula is C52H37N3. The summed E-state index contributed by atoms with van der Waals surface area (Å²) in [6.45, 7) is 4.68. The lowest BCUT2D eigenvalue weighted by molar-refractivity contribution is 0.660. The van der Waals surface area contributed by atoms with Crippen molar-refractivity contribution in [3.05, 3.63) is 199 Å². The summed E-state index contributed by atoms with van der Waals surface area (Å²) in [5.41, 5.74) is 15.6. The summed E-state index contributed by atoms with van der Waals surface area (Å²) in [6.07, 6.45) is 0. The molecule has 0 unspecified atom stereocenters. The van der Waals surface area contributed by atoms with Crippen molar-refractivity contribution < 1.29 is 0 Å². The molecule has 0 saturated heterocycles. The Hall–Kier alpha value is -6.97. The van der Waals surface area contributed by atoms with Gasteiger partial charge in [0.05, 0.1) is 0 Å². The lowest BCUT2D eigenvalue weighted by Crippen LogP contribution is -2.14. The number of hydrogen-bond donors (Lipinski definition) is 0. The fourth-order valence-corrected chi connectivity index (χ4v) is 8.09. The maximum absolute atomic E-state index is 4.91. The third kappa shape index (κ3) is 5.91. The van der Waals surface area contributed by atoms with Crippen molar-refractivity contribution in [2.24, 2.45) is 0 Å². The predicted octanol–water partition coefficient (Wildman–Crippen LogP) is 13.3. The molecule has 0 amide bonds. The summed E-state index contributed by atoms with van der Waals surface area (Å²) in [5, 5.41) is 2.43. The van der Waals surface area contributed by atoms with Crippen molar-refractivity contribution in [3.63, 3.8) is 0 Å². The van der Waals surface area contributed by atoms with Crippen LogP contribution in [0.2, 0.25) is 0 Å². The summed E-state index contributed by atoms with van der Waals surface area (Å²) < 4.78 is 0. The van der Waals surface area contributed by atoms with Gasteiger partial charge in [-0.15, -0.1) is 0 Å². The quantitative estimate of drug-likeness (QED) is 0.173. The van der Waals surface area contributed by atoms with Crippen LogP contribution in [-0.4, -0.2) is 15.0 Å². The Morgan fingerprint density at radius 2 is 0.673 bits per heavy atom. The second kappa shape index (κ2) is 13.2. The lowest BCUT2D eigenvalue weighted by atomic mass is 9.81. The molecule has 55 heavy (non-hydrogen) atoms. The molecule has 1 aliphatic carbocycles. The minimum absolute atomic E-state index is 0.0128. The molecule has 0 spiro atoms. The van der Waals surface area contributed by atoms with Crippen LogP contribution in [-0.2, 0) is 5.41 Å². The van der Waals surface area contributed by atoms with Crippen LogP contribution in [0.15, 0.2) is 188 Å². The molecule has 10 rings (SSSR count). The molecule has 0 saturated carbocycles. The van der Waals surface area contributed by atoms with Crippen molar-refractivity contribution in [2.45, 2.75) is 19.3 Å².